The Kier molecular flexibility index (Phi) is 6.82. The van der Waals surface area contributed by atoms with E-state index in [1.165, 1.54) is 28.6 Å². The van der Waals surface area contributed by atoms with Gasteiger partial charge in [0.15, 0.2) is 0 Å². The maximum atomic E-state index is 12.7. The van der Waals surface area contributed by atoms with E-state index in [4.69, 9.17) is 4.74 Å². The Morgan fingerprint density at radius 1 is 1.10 bits per heavy atom. The van der Waals surface area contributed by atoms with Crippen molar-refractivity contribution in [3.8, 4) is 0 Å². The zero-order valence-corrected chi connectivity index (χ0v) is 18.0. The molecule has 0 radical (unpaired) electrons. The topological polar surface area (TPSA) is 113 Å². The Labute approximate surface area is 172 Å². The summed E-state index contributed by atoms with van der Waals surface area (Å²) in [7, 11) is -7.39. The Hall–Kier alpha value is -1.69. The van der Waals surface area contributed by atoms with E-state index in [1.54, 1.807) is 0 Å². The molecule has 1 heterocycles. The molecule has 2 fully saturated rings. The van der Waals surface area contributed by atoms with Crippen LogP contribution < -0.4 is 9.62 Å². The zero-order valence-electron chi connectivity index (χ0n) is 16.4. The first-order valence-electron chi connectivity index (χ1n) is 9.63. The second kappa shape index (κ2) is 8.99. The maximum Gasteiger partial charge on any atom is 0.243 e. The summed E-state index contributed by atoms with van der Waals surface area (Å²) in [5.41, 5.74) is 0.245. The molecule has 1 aromatic rings. The molecule has 1 amide bonds. The molecule has 1 aliphatic heterocycles. The average Bonchev–Trinajstić information content (AvgIpc) is 3.19. The van der Waals surface area contributed by atoms with Crippen molar-refractivity contribution in [1.29, 1.82) is 0 Å². The van der Waals surface area contributed by atoms with Gasteiger partial charge in [0.05, 0.1) is 30.1 Å². The lowest BCUT2D eigenvalue weighted by Crippen LogP contribution is -2.43. The number of amides is 1. The monoisotopic (exact) mass is 445 g/mol. The van der Waals surface area contributed by atoms with Gasteiger partial charge in [-0.15, -0.1) is 0 Å². The summed E-state index contributed by atoms with van der Waals surface area (Å²) in [5.74, 6) is -0.368. The van der Waals surface area contributed by atoms with E-state index in [-0.39, 0.29) is 42.2 Å². The maximum absolute atomic E-state index is 12.7. The Balaban J connectivity index is 1.75. The molecule has 29 heavy (non-hydrogen) atoms. The highest BCUT2D eigenvalue weighted by atomic mass is 32.2. The van der Waals surface area contributed by atoms with Crippen LogP contribution in [0.2, 0.25) is 0 Å². The van der Waals surface area contributed by atoms with Crippen LogP contribution in [0.5, 0.6) is 0 Å². The summed E-state index contributed by atoms with van der Waals surface area (Å²) >= 11 is 0. The fraction of sp³-hybridized carbons (Fsp3) is 0.611. The number of ether oxygens (including phenoxy) is 1. The first kappa shape index (κ1) is 22.0. The van der Waals surface area contributed by atoms with Gasteiger partial charge in [-0.1, -0.05) is 12.8 Å². The third kappa shape index (κ3) is 5.47. The summed E-state index contributed by atoms with van der Waals surface area (Å²) in [5, 5.41) is 2.87. The number of morpholine rings is 1. The van der Waals surface area contributed by atoms with E-state index >= 15 is 0 Å². The molecule has 1 aromatic carbocycles. The molecule has 9 nitrogen and oxygen atoms in total. The van der Waals surface area contributed by atoms with E-state index in [0.717, 1.165) is 36.2 Å². The smallest absolute Gasteiger partial charge is 0.243 e. The molecule has 0 atom stereocenters. The fourth-order valence-corrected chi connectivity index (χ4v) is 5.86. The van der Waals surface area contributed by atoms with E-state index in [0.29, 0.717) is 13.2 Å². The Morgan fingerprint density at radius 2 is 1.69 bits per heavy atom. The summed E-state index contributed by atoms with van der Waals surface area (Å²) in [4.78, 5) is 12.4. The number of nitrogens with zero attached hydrogens (tertiary/aromatic N) is 2. The number of rotatable bonds is 7. The predicted octanol–water partition coefficient (Wildman–Crippen LogP) is 0.532. The van der Waals surface area contributed by atoms with Crippen LogP contribution in [0.4, 0.5) is 5.69 Å². The molecule has 2 aliphatic rings. The third-order valence-electron chi connectivity index (χ3n) is 5.14. The van der Waals surface area contributed by atoms with Gasteiger partial charge < -0.3 is 10.1 Å². The van der Waals surface area contributed by atoms with Crippen molar-refractivity contribution >= 4 is 31.6 Å². The van der Waals surface area contributed by atoms with Crippen molar-refractivity contribution in [3.63, 3.8) is 0 Å². The SMILES string of the molecule is CS(=O)(=O)N(CC(=O)NC1CCCC1)c1ccc(S(=O)(=O)N2CCOCC2)cc1. The van der Waals surface area contributed by atoms with E-state index in [9.17, 15) is 21.6 Å². The number of benzene rings is 1. The normalized spacial score (nSPS) is 19.2. The minimum atomic E-state index is -3.72. The minimum absolute atomic E-state index is 0.0759. The quantitative estimate of drug-likeness (QED) is 0.655. The molecule has 0 spiro atoms. The first-order valence-corrected chi connectivity index (χ1v) is 12.9. The van der Waals surface area contributed by atoms with Crippen LogP contribution in [-0.2, 0) is 29.6 Å². The number of anilines is 1. The summed E-state index contributed by atoms with van der Waals surface area (Å²) in [6.07, 6.45) is 4.94. The van der Waals surface area contributed by atoms with Crippen LogP contribution in [0.3, 0.4) is 0 Å². The third-order valence-corrected chi connectivity index (χ3v) is 8.19. The second-order valence-corrected chi connectivity index (χ2v) is 11.2. The zero-order chi connectivity index (χ0) is 21.1. The highest BCUT2D eigenvalue weighted by molar-refractivity contribution is 7.92. The summed E-state index contributed by atoms with van der Waals surface area (Å²) in [6, 6.07) is 5.65. The Bertz CT molecular complexity index is 919. The van der Waals surface area contributed by atoms with Crippen molar-refractivity contribution in [2.45, 2.75) is 36.6 Å². The van der Waals surface area contributed by atoms with Crippen LogP contribution >= 0.6 is 0 Å². The van der Waals surface area contributed by atoms with Gasteiger partial charge in [-0.3, -0.25) is 9.10 Å². The fourth-order valence-electron chi connectivity index (χ4n) is 3.59. The van der Waals surface area contributed by atoms with Crippen molar-refractivity contribution < 1.29 is 26.4 Å². The molecule has 11 heteroatoms. The van der Waals surface area contributed by atoms with Gasteiger partial charge in [-0.05, 0) is 37.1 Å². The average molecular weight is 446 g/mol. The number of hydrogen-bond donors (Lipinski definition) is 1. The van der Waals surface area contributed by atoms with Crippen LogP contribution in [-0.4, -0.2) is 72.2 Å². The first-order chi connectivity index (χ1) is 13.7. The molecule has 0 bridgehead atoms. The van der Waals surface area contributed by atoms with Crippen molar-refractivity contribution in [1.82, 2.24) is 9.62 Å². The van der Waals surface area contributed by atoms with Gasteiger partial charge in [-0.2, -0.15) is 4.31 Å². The molecule has 1 saturated heterocycles. The van der Waals surface area contributed by atoms with Crippen molar-refractivity contribution in [3.05, 3.63) is 24.3 Å². The molecule has 3 rings (SSSR count). The predicted molar refractivity (Wildman–Crippen MR) is 109 cm³/mol. The number of hydrogen-bond acceptors (Lipinski definition) is 6. The second-order valence-electron chi connectivity index (χ2n) is 7.33. The van der Waals surface area contributed by atoms with Gasteiger partial charge in [0.25, 0.3) is 0 Å². The van der Waals surface area contributed by atoms with Gasteiger partial charge >= 0.3 is 0 Å². The van der Waals surface area contributed by atoms with Gasteiger partial charge in [0, 0.05) is 19.1 Å². The van der Waals surface area contributed by atoms with Crippen molar-refractivity contribution in [2.24, 2.45) is 0 Å². The lowest BCUT2D eigenvalue weighted by molar-refractivity contribution is -0.120. The standard InChI is InChI=1S/C18H27N3O6S2/c1-28(23,24)21(14-18(22)19-15-4-2-3-5-15)16-6-8-17(9-7-16)29(25,26)20-10-12-27-13-11-20/h6-9,15H,2-5,10-14H2,1H3,(H,19,22). The molecule has 1 aliphatic carbocycles. The van der Waals surface area contributed by atoms with Crippen LogP contribution in [0, 0.1) is 0 Å². The van der Waals surface area contributed by atoms with E-state index in [1.807, 2.05) is 0 Å². The molecular weight excluding hydrogens is 418 g/mol. The Morgan fingerprint density at radius 3 is 2.24 bits per heavy atom. The molecule has 1 saturated carbocycles. The van der Waals surface area contributed by atoms with Gasteiger partial charge in [0.2, 0.25) is 26.0 Å². The number of sulfonamides is 2. The summed E-state index contributed by atoms with van der Waals surface area (Å²) < 4.78 is 57.4. The largest absolute Gasteiger partial charge is 0.379 e. The minimum Gasteiger partial charge on any atom is -0.379 e. The van der Waals surface area contributed by atoms with Gasteiger partial charge in [0.1, 0.15) is 6.54 Å². The van der Waals surface area contributed by atoms with Crippen molar-refractivity contribution in [2.75, 3.05) is 43.4 Å². The molecule has 1 N–H and O–H groups in total. The lowest BCUT2D eigenvalue weighted by Gasteiger charge is -2.26. The number of carbonyl (C=O) groups is 1. The molecule has 162 valence electrons. The molecule has 0 unspecified atom stereocenters. The van der Waals surface area contributed by atoms with E-state index < -0.39 is 20.0 Å². The van der Waals surface area contributed by atoms with E-state index in [2.05, 4.69) is 5.32 Å². The molecular formula is C18H27N3O6S2. The number of carbonyl (C=O) groups excluding carboxylic acids is 1. The highest BCUT2D eigenvalue weighted by Crippen LogP contribution is 2.23. The van der Waals surface area contributed by atoms with Crippen LogP contribution in [0.1, 0.15) is 25.7 Å². The number of nitrogens with one attached hydrogen (secondary N) is 1. The highest BCUT2D eigenvalue weighted by Gasteiger charge is 2.28. The summed E-state index contributed by atoms with van der Waals surface area (Å²) in [6.45, 7) is 0.900. The lowest BCUT2D eigenvalue weighted by atomic mass is 10.2. The van der Waals surface area contributed by atoms with Crippen LogP contribution in [0.15, 0.2) is 29.2 Å². The van der Waals surface area contributed by atoms with Gasteiger partial charge in [-0.25, -0.2) is 16.8 Å². The molecule has 0 aromatic heterocycles. The van der Waals surface area contributed by atoms with Crippen LogP contribution in [0.25, 0.3) is 0 Å².